The summed E-state index contributed by atoms with van der Waals surface area (Å²) in [6, 6.07) is 12.8. The van der Waals surface area contributed by atoms with Gasteiger partial charge in [0.25, 0.3) is 0 Å². The minimum Gasteiger partial charge on any atom is -0.491 e. The van der Waals surface area contributed by atoms with Crippen molar-refractivity contribution >= 4 is 17.9 Å². The largest absolute Gasteiger partial charge is 0.491 e. The standard InChI is InChI=1S/C40H52O11/c1-4-9-36(41)48-27-25-44-24-26-47-33-12-10-31(11-13-33)37(42)50-34-14-16-35(17-15-34)51-38(43)32-18-20-40(3,21-19-32)49-23-8-6-5-7-22-45-28-39(2)29-46-30-39/h10-20H,4-9,21-30H2,1-3H3. The number of esters is 3. The zero-order valence-corrected chi connectivity index (χ0v) is 30.2. The summed E-state index contributed by atoms with van der Waals surface area (Å²) in [7, 11) is 0. The number of unbranched alkanes of at least 4 members (excludes halogenated alkanes) is 3. The third-order valence-corrected chi connectivity index (χ3v) is 8.32. The number of carbonyl (C=O) groups is 3. The predicted molar refractivity (Wildman–Crippen MR) is 190 cm³/mol. The quantitative estimate of drug-likeness (QED) is 0.0686. The van der Waals surface area contributed by atoms with E-state index in [1.807, 2.05) is 26.0 Å². The normalized spacial score (nSPS) is 17.6. The molecule has 0 saturated carbocycles. The minimum atomic E-state index is -0.537. The molecule has 1 heterocycles. The molecule has 1 fully saturated rings. The first-order valence-corrected chi connectivity index (χ1v) is 17.9. The van der Waals surface area contributed by atoms with E-state index in [9.17, 15) is 14.4 Å². The molecule has 1 saturated heterocycles. The van der Waals surface area contributed by atoms with Crippen LogP contribution in [0.25, 0.3) is 0 Å². The molecular weight excluding hydrogens is 656 g/mol. The number of benzene rings is 2. The van der Waals surface area contributed by atoms with Gasteiger partial charge >= 0.3 is 17.9 Å². The molecule has 1 unspecified atom stereocenters. The van der Waals surface area contributed by atoms with Gasteiger partial charge in [0.05, 0.1) is 49.8 Å². The Labute approximate surface area is 301 Å². The highest BCUT2D eigenvalue weighted by atomic mass is 16.6. The Hall–Kier alpha value is -4.03. The van der Waals surface area contributed by atoms with Crippen LogP contribution in [-0.4, -0.2) is 83.0 Å². The SMILES string of the molecule is CCCC(=O)OCCOCCOc1ccc(C(=O)Oc2ccc(OC(=O)C3=CCC(C)(OCCCCCCOCC4(C)COC4)C=C3)cc2)cc1. The second-order valence-electron chi connectivity index (χ2n) is 13.3. The average Bonchev–Trinajstić information content (AvgIpc) is 3.11. The number of carbonyl (C=O) groups excluding carboxylic acids is 3. The molecule has 0 amide bonds. The number of hydrogen-bond acceptors (Lipinski definition) is 11. The zero-order valence-electron chi connectivity index (χ0n) is 30.2. The Balaban J connectivity index is 1.07. The van der Waals surface area contributed by atoms with Gasteiger partial charge in [0.15, 0.2) is 0 Å². The van der Waals surface area contributed by atoms with Gasteiger partial charge in [0.2, 0.25) is 0 Å². The number of hydrogen-bond donors (Lipinski definition) is 0. The number of ether oxygens (including phenoxy) is 8. The topological polar surface area (TPSA) is 125 Å². The monoisotopic (exact) mass is 708 g/mol. The van der Waals surface area contributed by atoms with Gasteiger partial charge in [0.1, 0.15) is 30.5 Å². The molecule has 278 valence electrons. The Morgan fingerprint density at radius 3 is 2.00 bits per heavy atom. The third-order valence-electron chi connectivity index (χ3n) is 8.32. The first kappa shape index (κ1) is 39.8. The van der Waals surface area contributed by atoms with Gasteiger partial charge in [-0.05, 0) is 87.2 Å². The zero-order chi connectivity index (χ0) is 36.4. The fourth-order valence-corrected chi connectivity index (χ4v) is 5.20. The van der Waals surface area contributed by atoms with Crippen LogP contribution in [0.5, 0.6) is 17.2 Å². The van der Waals surface area contributed by atoms with Crippen molar-refractivity contribution in [1.29, 1.82) is 0 Å². The van der Waals surface area contributed by atoms with Crippen LogP contribution in [0.2, 0.25) is 0 Å². The van der Waals surface area contributed by atoms with Crippen LogP contribution in [-0.2, 0) is 33.3 Å². The summed E-state index contributed by atoms with van der Waals surface area (Å²) in [4.78, 5) is 36.7. The molecular formula is C40H52O11. The summed E-state index contributed by atoms with van der Waals surface area (Å²) < 4.78 is 44.3. The van der Waals surface area contributed by atoms with Crippen LogP contribution in [0.1, 0.15) is 76.1 Å². The molecule has 1 atom stereocenters. The molecule has 0 spiro atoms. The minimum absolute atomic E-state index is 0.202. The predicted octanol–water partition coefficient (Wildman–Crippen LogP) is 6.83. The summed E-state index contributed by atoms with van der Waals surface area (Å²) in [5.74, 6) is -0.0211. The highest BCUT2D eigenvalue weighted by Gasteiger charge is 2.33. The van der Waals surface area contributed by atoms with Crippen LogP contribution in [0.15, 0.2) is 72.3 Å². The van der Waals surface area contributed by atoms with Gasteiger partial charge in [-0.1, -0.05) is 38.8 Å². The van der Waals surface area contributed by atoms with Gasteiger partial charge in [0, 0.05) is 25.0 Å². The second kappa shape index (κ2) is 20.7. The van der Waals surface area contributed by atoms with E-state index in [0.717, 1.165) is 58.5 Å². The van der Waals surface area contributed by atoms with Crippen molar-refractivity contribution in [2.75, 3.05) is 59.5 Å². The Bertz CT molecular complexity index is 1440. The molecule has 1 aliphatic carbocycles. The van der Waals surface area contributed by atoms with Crippen molar-refractivity contribution in [3.05, 3.63) is 77.9 Å². The van der Waals surface area contributed by atoms with E-state index >= 15 is 0 Å². The maximum Gasteiger partial charge on any atom is 0.343 e. The highest BCUT2D eigenvalue weighted by Crippen LogP contribution is 2.28. The Kier molecular flexibility index (Phi) is 16.2. The van der Waals surface area contributed by atoms with Crippen molar-refractivity contribution in [3.8, 4) is 17.2 Å². The van der Waals surface area contributed by atoms with E-state index < -0.39 is 17.5 Å². The average molecular weight is 709 g/mol. The molecule has 1 aliphatic heterocycles. The van der Waals surface area contributed by atoms with Crippen LogP contribution >= 0.6 is 0 Å². The van der Waals surface area contributed by atoms with E-state index in [1.54, 1.807) is 54.6 Å². The fraction of sp³-hybridized carbons (Fsp3) is 0.525. The van der Waals surface area contributed by atoms with Gasteiger partial charge < -0.3 is 37.9 Å². The summed E-state index contributed by atoms with van der Waals surface area (Å²) in [5.41, 5.74) is 0.544. The van der Waals surface area contributed by atoms with Gasteiger partial charge in [-0.15, -0.1) is 0 Å². The van der Waals surface area contributed by atoms with E-state index in [-0.39, 0.29) is 18.0 Å². The van der Waals surface area contributed by atoms with Crippen molar-refractivity contribution in [2.24, 2.45) is 5.41 Å². The lowest BCUT2D eigenvalue weighted by atomic mass is 9.90. The molecule has 4 rings (SSSR count). The first-order valence-electron chi connectivity index (χ1n) is 17.9. The molecule has 2 aliphatic rings. The van der Waals surface area contributed by atoms with Crippen LogP contribution in [0.3, 0.4) is 0 Å². The summed E-state index contributed by atoms with van der Waals surface area (Å²) >= 11 is 0. The molecule has 0 aromatic heterocycles. The van der Waals surface area contributed by atoms with Gasteiger partial charge in [-0.3, -0.25) is 4.79 Å². The van der Waals surface area contributed by atoms with E-state index in [4.69, 9.17) is 37.9 Å². The lowest BCUT2D eigenvalue weighted by Crippen LogP contribution is -2.43. The number of rotatable bonds is 23. The van der Waals surface area contributed by atoms with Crippen LogP contribution in [0, 0.1) is 5.41 Å². The molecule has 0 N–H and O–H groups in total. The maximum absolute atomic E-state index is 12.8. The van der Waals surface area contributed by atoms with Crippen molar-refractivity contribution < 1.29 is 52.3 Å². The van der Waals surface area contributed by atoms with E-state index in [1.165, 1.54) is 0 Å². The van der Waals surface area contributed by atoms with Gasteiger partial charge in [-0.2, -0.15) is 0 Å². The molecule has 2 aromatic carbocycles. The summed E-state index contributed by atoms with van der Waals surface area (Å²) in [5, 5.41) is 0. The van der Waals surface area contributed by atoms with Crippen LogP contribution in [0.4, 0.5) is 0 Å². The maximum atomic E-state index is 12.8. The molecule has 2 aromatic rings. The Morgan fingerprint density at radius 2 is 1.37 bits per heavy atom. The lowest BCUT2D eigenvalue weighted by Gasteiger charge is -2.37. The molecule has 0 radical (unpaired) electrons. The van der Waals surface area contributed by atoms with E-state index in [0.29, 0.717) is 67.7 Å². The van der Waals surface area contributed by atoms with Crippen molar-refractivity contribution in [3.63, 3.8) is 0 Å². The molecule has 11 heteroatoms. The van der Waals surface area contributed by atoms with Crippen LogP contribution < -0.4 is 14.2 Å². The third kappa shape index (κ3) is 14.3. The summed E-state index contributed by atoms with van der Waals surface area (Å²) in [6.07, 6.45) is 11.4. The first-order chi connectivity index (χ1) is 24.7. The smallest absolute Gasteiger partial charge is 0.343 e. The van der Waals surface area contributed by atoms with Gasteiger partial charge in [-0.25, -0.2) is 9.59 Å². The summed E-state index contributed by atoms with van der Waals surface area (Å²) in [6.45, 7) is 11.1. The fourth-order valence-electron chi connectivity index (χ4n) is 5.20. The highest BCUT2D eigenvalue weighted by molar-refractivity contribution is 5.93. The molecule has 0 bridgehead atoms. The lowest BCUT2D eigenvalue weighted by molar-refractivity contribution is -0.145. The van der Waals surface area contributed by atoms with E-state index in [2.05, 4.69) is 6.92 Å². The Morgan fingerprint density at radius 1 is 0.725 bits per heavy atom. The van der Waals surface area contributed by atoms with Crippen molar-refractivity contribution in [2.45, 2.75) is 71.3 Å². The molecule has 51 heavy (non-hydrogen) atoms. The van der Waals surface area contributed by atoms with Crippen molar-refractivity contribution in [1.82, 2.24) is 0 Å². The second-order valence-corrected chi connectivity index (χ2v) is 13.3. The molecule has 11 nitrogen and oxygen atoms in total.